The summed E-state index contributed by atoms with van der Waals surface area (Å²) >= 11 is 5.96. The molecule has 0 bridgehead atoms. The molecule has 0 N–H and O–H groups in total. The normalized spacial score (nSPS) is 15.6. The highest BCUT2D eigenvalue weighted by molar-refractivity contribution is 6.31. The van der Waals surface area contributed by atoms with E-state index >= 15 is 0 Å². The van der Waals surface area contributed by atoms with Crippen molar-refractivity contribution in [3.63, 3.8) is 0 Å². The third-order valence-electron chi connectivity index (χ3n) is 4.65. The summed E-state index contributed by atoms with van der Waals surface area (Å²) in [6.45, 7) is 4.83. The molecule has 7 heteroatoms. The van der Waals surface area contributed by atoms with E-state index in [1.165, 1.54) is 6.42 Å². The number of amides is 1. The lowest BCUT2D eigenvalue weighted by molar-refractivity contribution is 0.0750. The van der Waals surface area contributed by atoms with Crippen LogP contribution in [0.15, 0.2) is 18.2 Å². The van der Waals surface area contributed by atoms with E-state index in [9.17, 15) is 4.79 Å². The lowest BCUT2D eigenvalue weighted by atomic mass is 10.1. The van der Waals surface area contributed by atoms with Crippen LogP contribution in [0.1, 0.15) is 39.4 Å². The largest absolute Gasteiger partial charge is 0.356 e. The number of nitrogens with zero attached hydrogens (tertiary/aromatic N) is 5. The van der Waals surface area contributed by atoms with Crippen LogP contribution < -0.4 is 4.90 Å². The summed E-state index contributed by atoms with van der Waals surface area (Å²) in [7, 11) is 0. The van der Waals surface area contributed by atoms with Gasteiger partial charge in [0, 0.05) is 24.2 Å². The summed E-state index contributed by atoms with van der Waals surface area (Å²) in [4.78, 5) is 25.9. The molecule has 0 saturated carbocycles. The second-order valence-electron chi connectivity index (χ2n) is 6.33. The van der Waals surface area contributed by atoms with Crippen LogP contribution in [0.3, 0.4) is 0 Å². The third-order valence-corrected chi connectivity index (χ3v) is 4.98. The molecule has 0 unspecified atom stereocenters. The molecule has 126 valence electrons. The number of hydrogen-bond acceptors (Lipinski definition) is 5. The van der Waals surface area contributed by atoms with Crippen molar-refractivity contribution in [3.8, 4) is 6.07 Å². The Labute approximate surface area is 150 Å². The zero-order valence-corrected chi connectivity index (χ0v) is 14.5. The van der Waals surface area contributed by atoms with Crippen molar-refractivity contribution in [1.82, 2.24) is 14.9 Å². The average Bonchev–Trinajstić information content (AvgIpc) is 2.97. The van der Waals surface area contributed by atoms with E-state index in [0.29, 0.717) is 29.2 Å². The standard InChI is InChI=1S/C18H16ClN5O/c1-11-21-16-10-24(9-14(16)17(22-11)23-5-2-6-23)18(25)12-3-4-15(19)13(7-12)8-20/h3-4,7H,2,5-6,9-10H2,1H3. The molecule has 1 saturated heterocycles. The van der Waals surface area contributed by atoms with E-state index in [4.69, 9.17) is 16.9 Å². The molecule has 1 fully saturated rings. The van der Waals surface area contributed by atoms with Crippen LogP contribution in [0.2, 0.25) is 5.02 Å². The molecular weight excluding hydrogens is 338 g/mol. The van der Waals surface area contributed by atoms with Crippen molar-refractivity contribution < 1.29 is 4.79 Å². The summed E-state index contributed by atoms with van der Waals surface area (Å²) in [5, 5.41) is 9.46. The third kappa shape index (κ3) is 2.71. The van der Waals surface area contributed by atoms with Gasteiger partial charge in [0.25, 0.3) is 5.91 Å². The number of aromatic nitrogens is 2. The quantitative estimate of drug-likeness (QED) is 0.829. The van der Waals surface area contributed by atoms with Gasteiger partial charge in [0.2, 0.25) is 0 Å². The lowest BCUT2D eigenvalue weighted by Crippen LogP contribution is -2.38. The predicted octanol–water partition coefficient (Wildman–Crippen LogP) is 2.68. The highest BCUT2D eigenvalue weighted by atomic mass is 35.5. The molecule has 0 atom stereocenters. The number of rotatable bonds is 2. The second-order valence-corrected chi connectivity index (χ2v) is 6.74. The topological polar surface area (TPSA) is 73.1 Å². The molecular formula is C18H16ClN5O. The molecule has 6 nitrogen and oxygen atoms in total. The molecule has 25 heavy (non-hydrogen) atoms. The van der Waals surface area contributed by atoms with Crippen LogP contribution in [0.4, 0.5) is 5.82 Å². The van der Waals surface area contributed by atoms with Crippen LogP contribution in [-0.2, 0) is 13.1 Å². The summed E-state index contributed by atoms with van der Waals surface area (Å²) in [5.74, 6) is 1.56. The molecule has 1 aromatic heterocycles. The maximum absolute atomic E-state index is 12.9. The fraction of sp³-hybridized carbons (Fsp3) is 0.333. The summed E-state index contributed by atoms with van der Waals surface area (Å²) in [6.07, 6.45) is 1.17. The molecule has 1 amide bonds. The fourth-order valence-electron chi connectivity index (χ4n) is 3.22. The minimum atomic E-state index is -0.127. The first-order valence-corrected chi connectivity index (χ1v) is 8.55. The molecule has 0 spiro atoms. The number of hydrogen-bond donors (Lipinski definition) is 0. The van der Waals surface area contributed by atoms with Crippen molar-refractivity contribution >= 4 is 23.3 Å². The van der Waals surface area contributed by atoms with Gasteiger partial charge in [-0.1, -0.05) is 11.6 Å². The average molecular weight is 354 g/mol. The molecule has 2 aliphatic heterocycles. The number of nitriles is 1. The number of carbonyl (C=O) groups is 1. The van der Waals surface area contributed by atoms with E-state index in [1.807, 2.05) is 13.0 Å². The maximum atomic E-state index is 12.9. The first kappa shape index (κ1) is 15.9. The highest BCUT2D eigenvalue weighted by Crippen LogP contribution is 2.32. The molecule has 1 aromatic carbocycles. The Hall–Kier alpha value is -2.65. The van der Waals surface area contributed by atoms with E-state index in [1.54, 1.807) is 23.1 Å². The van der Waals surface area contributed by atoms with E-state index in [0.717, 1.165) is 36.0 Å². The van der Waals surface area contributed by atoms with Gasteiger partial charge in [-0.2, -0.15) is 5.26 Å². The monoisotopic (exact) mass is 353 g/mol. The van der Waals surface area contributed by atoms with Crippen molar-refractivity contribution in [2.75, 3.05) is 18.0 Å². The molecule has 0 aliphatic carbocycles. The van der Waals surface area contributed by atoms with Crippen molar-refractivity contribution in [2.24, 2.45) is 0 Å². The molecule has 3 heterocycles. The van der Waals surface area contributed by atoms with Gasteiger partial charge in [-0.05, 0) is 31.5 Å². The SMILES string of the molecule is Cc1nc2c(c(N3CCC3)n1)CN(C(=O)c1ccc(Cl)c(C#N)c1)C2. The van der Waals surface area contributed by atoms with Gasteiger partial charge in [0.05, 0.1) is 29.4 Å². The second kappa shape index (κ2) is 6.01. The first-order valence-electron chi connectivity index (χ1n) is 8.17. The Balaban J connectivity index is 1.63. The Kier molecular flexibility index (Phi) is 3.81. The van der Waals surface area contributed by atoms with E-state index < -0.39 is 0 Å². The van der Waals surface area contributed by atoms with E-state index in [-0.39, 0.29) is 5.91 Å². The molecule has 2 aromatic rings. The highest BCUT2D eigenvalue weighted by Gasteiger charge is 2.31. The van der Waals surface area contributed by atoms with Gasteiger partial charge in [-0.3, -0.25) is 4.79 Å². The smallest absolute Gasteiger partial charge is 0.254 e. The summed E-state index contributed by atoms with van der Waals surface area (Å²) in [6, 6.07) is 6.80. The fourth-order valence-corrected chi connectivity index (χ4v) is 3.38. The Bertz CT molecular complexity index is 916. The Morgan fingerprint density at radius 3 is 2.76 bits per heavy atom. The molecule has 0 radical (unpaired) electrons. The van der Waals surface area contributed by atoms with Gasteiger partial charge < -0.3 is 9.80 Å². The number of benzene rings is 1. The van der Waals surface area contributed by atoms with Gasteiger partial charge in [0.1, 0.15) is 17.7 Å². The first-order chi connectivity index (χ1) is 12.1. The predicted molar refractivity (Wildman–Crippen MR) is 93.3 cm³/mol. The van der Waals surface area contributed by atoms with Crippen LogP contribution >= 0.6 is 11.6 Å². The summed E-state index contributed by atoms with van der Waals surface area (Å²) < 4.78 is 0. The number of aryl methyl sites for hydroxylation is 1. The van der Waals surface area contributed by atoms with Crippen molar-refractivity contribution in [1.29, 1.82) is 5.26 Å². The van der Waals surface area contributed by atoms with Crippen LogP contribution in [-0.4, -0.2) is 33.9 Å². The Morgan fingerprint density at radius 2 is 2.08 bits per heavy atom. The number of fused-ring (bicyclic) bond motifs is 1. The number of halogens is 1. The van der Waals surface area contributed by atoms with Gasteiger partial charge in [-0.15, -0.1) is 0 Å². The van der Waals surface area contributed by atoms with E-state index in [2.05, 4.69) is 14.9 Å². The minimum Gasteiger partial charge on any atom is -0.356 e. The van der Waals surface area contributed by atoms with Crippen LogP contribution in [0.5, 0.6) is 0 Å². The molecule has 2 aliphatic rings. The molecule has 4 rings (SSSR count). The Morgan fingerprint density at radius 1 is 1.28 bits per heavy atom. The maximum Gasteiger partial charge on any atom is 0.254 e. The number of carbonyl (C=O) groups excluding carboxylic acids is 1. The van der Waals surface area contributed by atoms with Gasteiger partial charge >= 0.3 is 0 Å². The van der Waals surface area contributed by atoms with Gasteiger partial charge in [-0.25, -0.2) is 9.97 Å². The van der Waals surface area contributed by atoms with Crippen molar-refractivity contribution in [3.05, 3.63) is 51.4 Å². The zero-order valence-electron chi connectivity index (χ0n) is 13.8. The zero-order chi connectivity index (χ0) is 17.6. The van der Waals surface area contributed by atoms with Crippen LogP contribution in [0, 0.1) is 18.3 Å². The summed E-state index contributed by atoms with van der Waals surface area (Å²) in [5.41, 5.74) is 2.72. The van der Waals surface area contributed by atoms with Crippen LogP contribution in [0.25, 0.3) is 0 Å². The van der Waals surface area contributed by atoms with Crippen molar-refractivity contribution in [2.45, 2.75) is 26.4 Å². The minimum absolute atomic E-state index is 0.127. The van der Waals surface area contributed by atoms with Gasteiger partial charge in [0.15, 0.2) is 0 Å². The lowest BCUT2D eigenvalue weighted by Gasteiger charge is -2.33. The number of anilines is 1.